The minimum Gasteiger partial charge on any atom is -0.496 e. The first kappa shape index (κ1) is 32.3. The van der Waals surface area contributed by atoms with Crippen LogP contribution in [0.3, 0.4) is 0 Å². The molecule has 0 bridgehead atoms. The fourth-order valence-corrected chi connectivity index (χ4v) is 4.03. The molecule has 2 rings (SSSR count). The Morgan fingerprint density at radius 2 is 1.93 bits per heavy atom. The minimum absolute atomic E-state index is 0.0269. The number of anilines is 1. The Bertz CT molecular complexity index is 1350. The van der Waals surface area contributed by atoms with Crippen LogP contribution in [-0.4, -0.2) is 48.0 Å². The van der Waals surface area contributed by atoms with E-state index < -0.39 is 5.91 Å². The second-order valence-corrected chi connectivity index (χ2v) is 9.74. The summed E-state index contributed by atoms with van der Waals surface area (Å²) in [6, 6.07) is 1.62. The number of halogens is 1. The summed E-state index contributed by atoms with van der Waals surface area (Å²) < 4.78 is 30.7. The molecule has 10 heteroatoms. The third kappa shape index (κ3) is 9.10. The van der Waals surface area contributed by atoms with E-state index in [9.17, 15) is 9.18 Å². The molecular weight excluding hydrogens is 531 g/mol. The number of nitrogens with zero attached hydrogens (tertiary/aromatic N) is 3. The highest BCUT2D eigenvalue weighted by atomic mass is 32.1. The molecule has 0 saturated carbocycles. The van der Waals surface area contributed by atoms with Gasteiger partial charge in [0.2, 0.25) is 5.13 Å². The van der Waals surface area contributed by atoms with Crippen molar-refractivity contribution in [1.29, 1.82) is 0 Å². The molecule has 0 aliphatic rings. The van der Waals surface area contributed by atoms with Crippen LogP contribution < -0.4 is 10.1 Å². The van der Waals surface area contributed by atoms with Crippen LogP contribution in [0, 0.1) is 6.92 Å². The van der Waals surface area contributed by atoms with Gasteiger partial charge < -0.3 is 14.2 Å². The van der Waals surface area contributed by atoms with Crippen molar-refractivity contribution in [3.63, 3.8) is 0 Å². The number of allylic oxidation sites excluding steroid dienone is 6. The van der Waals surface area contributed by atoms with E-state index in [2.05, 4.69) is 20.5 Å². The second-order valence-electron chi connectivity index (χ2n) is 8.80. The van der Waals surface area contributed by atoms with Crippen LogP contribution in [-0.2, 0) is 9.47 Å². The summed E-state index contributed by atoms with van der Waals surface area (Å²) in [4.78, 5) is 17.4. The molecule has 2 heterocycles. The van der Waals surface area contributed by atoms with E-state index >= 15 is 0 Å². The third-order valence-corrected chi connectivity index (χ3v) is 6.61. The summed E-state index contributed by atoms with van der Waals surface area (Å²) in [5, 5.41) is 11.3. The summed E-state index contributed by atoms with van der Waals surface area (Å²) >= 11 is 1.08. The molecule has 2 aromatic rings. The van der Waals surface area contributed by atoms with Gasteiger partial charge in [0.05, 0.1) is 30.7 Å². The molecule has 0 spiro atoms. The number of ether oxygens (including phenoxy) is 3. The average Bonchev–Trinajstić information content (AvgIpc) is 3.39. The number of carbonyl (C=O) groups excluding carboxylic acids is 1. The third-order valence-electron chi connectivity index (χ3n) is 5.86. The molecule has 0 aliphatic carbocycles. The maximum atomic E-state index is 14.1. The highest BCUT2D eigenvalue weighted by Crippen LogP contribution is 2.29. The van der Waals surface area contributed by atoms with Crippen LogP contribution in [0.2, 0.25) is 0 Å². The van der Waals surface area contributed by atoms with E-state index in [4.69, 9.17) is 14.2 Å². The number of methoxy groups -OCH3 is 2. The van der Waals surface area contributed by atoms with Crippen LogP contribution >= 0.6 is 11.3 Å². The number of rotatable bonds is 13. The van der Waals surface area contributed by atoms with Gasteiger partial charge in [-0.1, -0.05) is 41.1 Å². The number of carbonyl (C=O) groups is 1. The number of nitrogens with one attached hydrogen (secondary N) is 1. The fraction of sp³-hybridized carbons (Fsp3) is 0.333. The molecule has 0 saturated heterocycles. The Balaban J connectivity index is 2.21. The predicted octanol–water partition coefficient (Wildman–Crippen LogP) is 7.16. The lowest BCUT2D eigenvalue weighted by Gasteiger charge is -2.14. The smallest absolute Gasteiger partial charge is 0.296 e. The van der Waals surface area contributed by atoms with Crippen LogP contribution in [0.5, 0.6) is 5.19 Å². The van der Waals surface area contributed by atoms with Gasteiger partial charge in [0.25, 0.3) is 11.1 Å². The molecule has 1 atom stereocenters. The molecule has 1 amide bonds. The first-order valence-electron chi connectivity index (χ1n) is 12.6. The largest absolute Gasteiger partial charge is 0.496 e. The van der Waals surface area contributed by atoms with Gasteiger partial charge in [-0.25, -0.2) is 4.39 Å². The topological polar surface area (TPSA) is 95.5 Å². The first-order chi connectivity index (χ1) is 19.2. The molecule has 1 N–H and O–H groups in total. The molecule has 0 fully saturated rings. The SMILES string of the molecule is C/C=C\C=C(\OC)C(=CF)c1cc(C)ncc1C(=O)Nc1nnc(OCC(/C=C\C(=C/C)C(C)OC)=C(C)C)s1. The number of pyridine rings is 1. The molecule has 0 aliphatic heterocycles. The van der Waals surface area contributed by atoms with E-state index in [1.54, 1.807) is 38.3 Å². The zero-order valence-electron chi connectivity index (χ0n) is 24.2. The van der Waals surface area contributed by atoms with Crippen molar-refractivity contribution >= 4 is 27.9 Å². The van der Waals surface area contributed by atoms with Gasteiger partial charge in [-0.05, 0) is 76.2 Å². The van der Waals surface area contributed by atoms with E-state index in [0.29, 0.717) is 22.8 Å². The number of hydrogen-bond acceptors (Lipinski definition) is 8. The first-order valence-corrected chi connectivity index (χ1v) is 13.5. The second kappa shape index (κ2) is 16.3. The quantitative estimate of drug-likeness (QED) is 0.202. The van der Waals surface area contributed by atoms with E-state index in [0.717, 1.165) is 28.1 Å². The normalized spacial score (nSPS) is 13.6. The summed E-state index contributed by atoms with van der Waals surface area (Å²) in [5.74, 6) is -0.265. The highest BCUT2D eigenvalue weighted by Gasteiger charge is 2.20. The van der Waals surface area contributed by atoms with Gasteiger partial charge in [-0.2, -0.15) is 0 Å². The van der Waals surface area contributed by atoms with E-state index in [1.807, 2.05) is 52.8 Å². The van der Waals surface area contributed by atoms with Crippen LogP contribution in [0.25, 0.3) is 5.57 Å². The van der Waals surface area contributed by atoms with Crippen molar-refractivity contribution in [2.24, 2.45) is 0 Å². The molecule has 8 nitrogen and oxygen atoms in total. The number of amides is 1. The van der Waals surface area contributed by atoms with Gasteiger partial charge in [-0.15, -0.1) is 5.10 Å². The molecule has 0 radical (unpaired) electrons. The van der Waals surface area contributed by atoms with Gasteiger partial charge in [0, 0.05) is 24.6 Å². The van der Waals surface area contributed by atoms with Gasteiger partial charge in [-0.3, -0.25) is 15.1 Å². The standard InChI is InChI=1S/C30H37FN4O4S/c1-9-11-12-27(38-8)25(16-31)24-15-20(5)32-17-26(24)28(36)33-29-34-35-30(40-29)39-18-23(19(3)4)14-13-22(10-2)21(6)37-7/h9-17,21H,18H2,1-8H3,(H,33,34,36)/b11-9-,14-13-,22-10+,25-16?,27-12+. The summed E-state index contributed by atoms with van der Waals surface area (Å²) in [6.07, 6.45) is 12.9. The minimum atomic E-state index is -0.523. The van der Waals surface area contributed by atoms with Crippen LogP contribution in [0.15, 0.2) is 77.5 Å². The molecule has 0 aromatic carbocycles. The zero-order valence-corrected chi connectivity index (χ0v) is 25.1. The maximum absolute atomic E-state index is 14.1. The van der Waals surface area contributed by atoms with E-state index in [1.165, 1.54) is 13.3 Å². The lowest BCUT2D eigenvalue weighted by Crippen LogP contribution is -2.15. The van der Waals surface area contributed by atoms with Crippen LogP contribution in [0.1, 0.15) is 56.2 Å². The van der Waals surface area contributed by atoms with Crippen LogP contribution in [0.4, 0.5) is 9.52 Å². The molecule has 1 unspecified atom stereocenters. The number of aromatic nitrogens is 3. The average molecular weight is 569 g/mol. The fourth-order valence-electron chi connectivity index (χ4n) is 3.44. The van der Waals surface area contributed by atoms with Crippen molar-refractivity contribution < 1.29 is 23.4 Å². The monoisotopic (exact) mass is 568 g/mol. The molecule has 214 valence electrons. The van der Waals surface area contributed by atoms with Crippen molar-refractivity contribution in [3.05, 3.63) is 94.3 Å². The summed E-state index contributed by atoms with van der Waals surface area (Å²) in [5.41, 5.74) is 4.32. The number of aryl methyl sites for hydroxylation is 1. The van der Waals surface area contributed by atoms with Gasteiger partial charge in [0.15, 0.2) is 0 Å². The lowest BCUT2D eigenvalue weighted by atomic mass is 9.99. The Hall–Kier alpha value is -3.89. The predicted molar refractivity (Wildman–Crippen MR) is 159 cm³/mol. The zero-order chi connectivity index (χ0) is 29.7. The van der Waals surface area contributed by atoms with Crippen molar-refractivity contribution in [2.75, 3.05) is 26.1 Å². The highest BCUT2D eigenvalue weighted by molar-refractivity contribution is 7.17. The summed E-state index contributed by atoms with van der Waals surface area (Å²) in [6.45, 7) is 11.8. The molecular formula is C30H37FN4O4S. The Labute approximate surface area is 239 Å². The molecule has 2 aromatic heterocycles. The lowest BCUT2D eigenvalue weighted by molar-refractivity contribution is 0.102. The Morgan fingerprint density at radius 1 is 1.18 bits per heavy atom. The number of hydrogen-bond donors (Lipinski definition) is 1. The van der Waals surface area contributed by atoms with Crippen molar-refractivity contribution in [2.45, 2.75) is 47.6 Å². The van der Waals surface area contributed by atoms with Crippen molar-refractivity contribution in [1.82, 2.24) is 15.2 Å². The van der Waals surface area contributed by atoms with Gasteiger partial charge in [0.1, 0.15) is 12.4 Å². The van der Waals surface area contributed by atoms with Crippen molar-refractivity contribution in [3.8, 4) is 5.19 Å². The summed E-state index contributed by atoms with van der Waals surface area (Å²) in [7, 11) is 3.11. The van der Waals surface area contributed by atoms with Gasteiger partial charge >= 0.3 is 0 Å². The van der Waals surface area contributed by atoms with E-state index in [-0.39, 0.29) is 34.7 Å². The Kier molecular flexibility index (Phi) is 13.1. The Morgan fingerprint density at radius 3 is 2.52 bits per heavy atom. The maximum Gasteiger partial charge on any atom is 0.296 e. The molecule has 40 heavy (non-hydrogen) atoms.